The van der Waals surface area contributed by atoms with Crippen molar-refractivity contribution in [2.75, 3.05) is 0 Å². The maximum atomic E-state index is 11.2. The first-order valence-corrected chi connectivity index (χ1v) is 4.69. The van der Waals surface area contributed by atoms with Crippen LogP contribution in [0.15, 0.2) is 0 Å². The van der Waals surface area contributed by atoms with Crippen molar-refractivity contribution in [1.29, 1.82) is 0 Å². The number of ketones is 1. The third kappa shape index (κ3) is 2.08. The summed E-state index contributed by atoms with van der Waals surface area (Å²) in [4.78, 5) is 21.9. The van der Waals surface area contributed by atoms with Crippen LogP contribution in [-0.4, -0.2) is 16.9 Å². The van der Waals surface area contributed by atoms with Crippen LogP contribution in [0.3, 0.4) is 0 Å². The minimum absolute atomic E-state index is 0.191. The molecule has 0 aromatic rings. The molecule has 0 heterocycles. The highest BCUT2D eigenvalue weighted by atomic mass is 16.4. The second kappa shape index (κ2) is 3.48. The first kappa shape index (κ1) is 10.2. The number of carbonyl (C=O) groups is 2. The van der Waals surface area contributed by atoms with Crippen molar-refractivity contribution < 1.29 is 14.7 Å². The molecule has 0 amide bonds. The van der Waals surface area contributed by atoms with Gasteiger partial charge in [-0.1, -0.05) is 6.92 Å². The Kier molecular flexibility index (Phi) is 2.74. The second-order valence-electron chi connectivity index (χ2n) is 4.23. The van der Waals surface area contributed by atoms with Gasteiger partial charge < -0.3 is 5.11 Å². The Bertz CT molecular complexity index is 224. The highest BCUT2D eigenvalue weighted by Gasteiger charge is 2.36. The van der Waals surface area contributed by atoms with E-state index < -0.39 is 5.97 Å². The summed E-state index contributed by atoms with van der Waals surface area (Å²) in [6.07, 6.45) is 2.73. The number of carbonyl (C=O) groups excluding carboxylic acids is 1. The van der Waals surface area contributed by atoms with E-state index in [4.69, 9.17) is 5.11 Å². The lowest BCUT2D eigenvalue weighted by Gasteiger charge is -2.33. The van der Waals surface area contributed by atoms with E-state index in [0.717, 1.165) is 12.8 Å². The molecule has 1 rings (SSSR count). The maximum Gasteiger partial charge on any atom is 0.306 e. The number of hydrogen-bond donors (Lipinski definition) is 1. The molecule has 0 bridgehead atoms. The van der Waals surface area contributed by atoms with E-state index in [1.807, 2.05) is 6.92 Å². The topological polar surface area (TPSA) is 54.4 Å². The SMILES string of the molecule is CC(=O)C1(C)CCC(C(=O)O)CC1. The number of carboxylic acid groups (broad SMARTS) is 1. The van der Waals surface area contributed by atoms with Gasteiger partial charge in [0.05, 0.1) is 5.92 Å². The Morgan fingerprint density at radius 1 is 1.31 bits per heavy atom. The number of carboxylic acids is 1. The monoisotopic (exact) mass is 184 g/mol. The molecule has 0 aromatic heterocycles. The molecule has 1 N–H and O–H groups in total. The van der Waals surface area contributed by atoms with Crippen LogP contribution in [0, 0.1) is 11.3 Å². The van der Waals surface area contributed by atoms with Crippen LogP contribution in [0.25, 0.3) is 0 Å². The lowest BCUT2D eigenvalue weighted by atomic mass is 9.70. The minimum Gasteiger partial charge on any atom is -0.481 e. The molecule has 0 saturated heterocycles. The number of rotatable bonds is 2. The first-order chi connectivity index (χ1) is 5.96. The van der Waals surface area contributed by atoms with Crippen molar-refractivity contribution in [3.05, 3.63) is 0 Å². The van der Waals surface area contributed by atoms with Gasteiger partial charge in [-0.25, -0.2) is 0 Å². The van der Waals surface area contributed by atoms with E-state index in [1.165, 1.54) is 0 Å². The lowest BCUT2D eigenvalue weighted by molar-refractivity contribution is -0.145. The van der Waals surface area contributed by atoms with E-state index in [2.05, 4.69) is 0 Å². The number of Topliss-reactive ketones (excluding diaryl/α,β-unsaturated/α-hetero) is 1. The molecular formula is C10H16O3. The smallest absolute Gasteiger partial charge is 0.306 e. The average molecular weight is 184 g/mol. The van der Waals surface area contributed by atoms with Crippen LogP contribution in [-0.2, 0) is 9.59 Å². The molecule has 13 heavy (non-hydrogen) atoms. The van der Waals surface area contributed by atoms with Gasteiger partial charge in [0.2, 0.25) is 0 Å². The Morgan fingerprint density at radius 3 is 2.08 bits per heavy atom. The van der Waals surface area contributed by atoms with E-state index in [1.54, 1.807) is 6.92 Å². The summed E-state index contributed by atoms with van der Waals surface area (Å²) in [6, 6.07) is 0. The normalized spacial score (nSPS) is 34.2. The van der Waals surface area contributed by atoms with Crippen LogP contribution in [0.1, 0.15) is 39.5 Å². The Balaban J connectivity index is 2.56. The van der Waals surface area contributed by atoms with Gasteiger partial charge in [-0.05, 0) is 32.6 Å². The number of hydrogen-bond acceptors (Lipinski definition) is 2. The minimum atomic E-state index is -0.717. The van der Waals surface area contributed by atoms with Gasteiger partial charge in [0.25, 0.3) is 0 Å². The molecule has 0 unspecified atom stereocenters. The quantitative estimate of drug-likeness (QED) is 0.712. The summed E-state index contributed by atoms with van der Waals surface area (Å²) in [5, 5.41) is 8.76. The second-order valence-corrected chi connectivity index (χ2v) is 4.23. The molecule has 0 aliphatic heterocycles. The van der Waals surface area contributed by atoms with Crippen LogP contribution in [0.4, 0.5) is 0 Å². The standard InChI is InChI=1S/C10H16O3/c1-7(11)10(2)5-3-8(4-6-10)9(12)13/h8H,3-6H2,1-2H3,(H,12,13). The van der Waals surface area contributed by atoms with Crippen molar-refractivity contribution in [3.63, 3.8) is 0 Å². The van der Waals surface area contributed by atoms with Gasteiger partial charge in [-0.2, -0.15) is 0 Å². The maximum absolute atomic E-state index is 11.2. The Hall–Kier alpha value is -0.860. The fraction of sp³-hybridized carbons (Fsp3) is 0.800. The van der Waals surface area contributed by atoms with E-state index >= 15 is 0 Å². The molecule has 74 valence electrons. The lowest BCUT2D eigenvalue weighted by Crippen LogP contribution is -2.33. The van der Waals surface area contributed by atoms with Crippen molar-refractivity contribution in [2.45, 2.75) is 39.5 Å². The molecule has 0 spiro atoms. The van der Waals surface area contributed by atoms with Crippen LogP contribution < -0.4 is 0 Å². The molecule has 1 fully saturated rings. The third-order valence-corrected chi connectivity index (χ3v) is 3.29. The van der Waals surface area contributed by atoms with Crippen molar-refractivity contribution in [3.8, 4) is 0 Å². The molecule has 0 atom stereocenters. The zero-order valence-electron chi connectivity index (χ0n) is 8.17. The molecule has 0 aromatic carbocycles. The van der Waals surface area contributed by atoms with Crippen LogP contribution >= 0.6 is 0 Å². The zero-order valence-corrected chi connectivity index (χ0v) is 8.17. The zero-order chi connectivity index (χ0) is 10.1. The fourth-order valence-corrected chi connectivity index (χ4v) is 1.85. The molecular weight excluding hydrogens is 168 g/mol. The van der Waals surface area contributed by atoms with Gasteiger partial charge in [-0.15, -0.1) is 0 Å². The predicted molar refractivity (Wildman–Crippen MR) is 48.4 cm³/mol. The van der Waals surface area contributed by atoms with Crippen molar-refractivity contribution >= 4 is 11.8 Å². The largest absolute Gasteiger partial charge is 0.481 e. The van der Waals surface area contributed by atoms with Gasteiger partial charge in [0.15, 0.2) is 0 Å². The average Bonchev–Trinajstić information content (AvgIpc) is 2.04. The summed E-state index contributed by atoms with van der Waals surface area (Å²) < 4.78 is 0. The summed E-state index contributed by atoms with van der Waals surface area (Å²) in [5.41, 5.74) is -0.258. The van der Waals surface area contributed by atoms with Crippen molar-refractivity contribution in [2.24, 2.45) is 11.3 Å². The first-order valence-electron chi connectivity index (χ1n) is 4.69. The molecule has 3 heteroatoms. The summed E-state index contributed by atoms with van der Waals surface area (Å²) in [6.45, 7) is 3.54. The fourth-order valence-electron chi connectivity index (χ4n) is 1.85. The molecule has 1 aliphatic carbocycles. The van der Waals surface area contributed by atoms with Crippen molar-refractivity contribution in [1.82, 2.24) is 0 Å². The summed E-state index contributed by atoms with van der Waals surface area (Å²) in [7, 11) is 0. The molecule has 1 saturated carbocycles. The molecule has 0 radical (unpaired) electrons. The molecule has 1 aliphatic rings. The number of aliphatic carboxylic acids is 1. The van der Waals surface area contributed by atoms with Crippen LogP contribution in [0.2, 0.25) is 0 Å². The Morgan fingerprint density at radius 2 is 1.77 bits per heavy atom. The summed E-state index contributed by atoms with van der Waals surface area (Å²) >= 11 is 0. The third-order valence-electron chi connectivity index (χ3n) is 3.29. The van der Waals surface area contributed by atoms with Gasteiger partial charge >= 0.3 is 5.97 Å². The van der Waals surface area contributed by atoms with E-state index in [0.29, 0.717) is 12.8 Å². The highest BCUT2D eigenvalue weighted by molar-refractivity contribution is 5.82. The van der Waals surface area contributed by atoms with Gasteiger partial charge in [-0.3, -0.25) is 9.59 Å². The summed E-state index contributed by atoms with van der Waals surface area (Å²) in [5.74, 6) is -0.755. The Labute approximate surface area is 78.1 Å². The van der Waals surface area contributed by atoms with E-state index in [9.17, 15) is 9.59 Å². The van der Waals surface area contributed by atoms with Gasteiger partial charge in [0.1, 0.15) is 5.78 Å². The van der Waals surface area contributed by atoms with Crippen LogP contribution in [0.5, 0.6) is 0 Å². The predicted octanol–water partition coefficient (Wildman–Crippen LogP) is 1.86. The van der Waals surface area contributed by atoms with Gasteiger partial charge in [0, 0.05) is 5.41 Å². The highest BCUT2D eigenvalue weighted by Crippen LogP contribution is 2.39. The molecule has 3 nitrogen and oxygen atoms in total. The van der Waals surface area contributed by atoms with E-state index in [-0.39, 0.29) is 17.1 Å².